The van der Waals surface area contributed by atoms with Crippen LogP contribution in [0.2, 0.25) is 0 Å². The van der Waals surface area contributed by atoms with Gasteiger partial charge < -0.3 is 29.9 Å². The van der Waals surface area contributed by atoms with Gasteiger partial charge in [-0.05, 0) is 70.9 Å². The third-order valence-corrected chi connectivity index (χ3v) is 10.1. The summed E-state index contributed by atoms with van der Waals surface area (Å²) in [6.45, 7) is 6.84. The van der Waals surface area contributed by atoms with Crippen LogP contribution in [0.4, 0.5) is 0 Å². The number of rotatable bonds is 8. The lowest BCUT2D eigenvalue weighted by Gasteiger charge is -2.45. The van der Waals surface area contributed by atoms with E-state index in [1.54, 1.807) is 7.11 Å². The third kappa shape index (κ3) is 6.68. The predicted octanol–water partition coefficient (Wildman–Crippen LogP) is 0.843. The third-order valence-electron chi connectivity index (χ3n) is 10.1. The van der Waals surface area contributed by atoms with E-state index in [-0.39, 0.29) is 18.6 Å². The quantitative estimate of drug-likeness (QED) is 0.435. The SMILES string of the molecule is COCC(=O)N1CCC2CCCC(NC3CCNC(NC4CCC(N5CCN(C)CC5)CC4OC)C3)C21. The molecule has 8 unspecified atom stereocenters. The van der Waals surface area contributed by atoms with Crippen LogP contribution in [-0.4, -0.2) is 130 Å². The highest BCUT2D eigenvalue weighted by Gasteiger charge is 2.44. The highest BCUT2D eigenvalue weighted by atomic mass is 16.5. The van der Waals surface area contributed by atoms with Crippen LogP contribution in [0.25, 0.3) is 0 Å². The predicted molar refractivity (Wildman–Crippen MR) is 146 cm³/mol. The van der Waals surface area contributed by atoms with Gasteiger partial charge in [-0.1, -0.05) is 6.42 Å². The molecule has 0 aromatic heterocycles. The van der Waals surface area contributed by atoms with Crippen LogP contribution in [0.3, 0.4) is 0 Å². The van der Waals surface area contributed by atoms with Crippen molar-refractivity contribution in [2.45, 2.75) is 100 Å². The van der Waals surface area contributed by atoms with E-state index in [1.807, 2.05) is 7.11 Å². The van der Waals surface area contributed by atoms with Crippen LogP contribution in [0.5, 0.6) is 0 Å². The van der Waals surface area contributed by atoms with E-state index in [2.05, 4.69) is 37.7 Å². The Labute approximate surface area is 224 Å². The largest absolute Gasteiger partial charge is 0.380 e. The molecule has 212 valence electrons. The molecular weight excluding hydrogens is 468 g/mol. The molecule has 2 aliphatic carbocycles. The van der Waals surface area contributed by atoms with Gasteiger partial charge in [-0.25, -0.2) is 0 Å². The number of nitrogens with one attached hydrogen (secondary N) is 3. The first-order valence-electron chi connectivity index (χ1n) is 15.0. The Bertz CT molecular complexity index is 735. The lowest BCUT2D eigenvalue weighted by Crippen LogP contribution is -2.62. The number of fused-ring (bicyclic) bond motifs is 1. The van der Waals surface area contributed by atoms with Gasteiger partial charge in [-0.15, -0.1) is 0 Å². The number of piperidine rings is 1. The molecule has 3 N–H and O–H groups in total. The molecule has 2 saturated carbocycles. The first-order chi connectivity index (χ1) is 18.1. The number of methoxy groups -OCH3 is 2. The topological polar surface area (TPSA) is 81.3 Å². The van der Waals surface area contributed by atoms with Gasteiger partial charge in [0.05, 0.1) is 12.3 Å². The van der Waals surface area contributed by atoms with Gasteiger partial charge in [0.1, 0.15) is 6.61 Å². The van der Waals surface area contributed by atoms with Gasteiger partial charge in [-0.3, -0.25) is 15.0 Å². The summed E-state index contributed by atoms with van der Waals surface area (Å²) in [6.07, 6.45) is 11.2. The second kappa shape index (κ2) is 13.0. The molecule has 3 heterocycles. The zero-order chi connectivity index (χ0) is 25.8. The molecule has 0 bridgehead atoms. The van der Waals surface area contributed by atoms with Crippen molar-refractivity contribution in [3.8, 4) is 0 Å². The summed E-state index contributed by atoms with van der Waals surface area (Å²) in [7, 11) is 5.74. The van der Waals surface area contributed by atoms with E-state index in [1.165, 1.54) is 58.3 Å². The van der Waals surface area contributed by atoms with Crippen LogP contribution in [0.15, 0.2) is 0 Å². The number of piperazine rings is 1. The Kier molecular flexibility index (Phi) is 9.77. The summed E-state index contributed by atoms with van der Waals surface area (Å²) in [5, 5.41) is 11.8. The van der Waals surface area contributed by atoms with E-state index in [4.69, 9.17) is 9.47 Å². The van der Waals surface area contributed by atoms with Crippen molar-refractivity contribution >= 4 is 5.91 Å². The number of likely N-dealkylation sites (N-methyl/N-ethyl adjacent to an activating group) is 1. The Balaban J connectivity index is 1.13. The Morgan fingerprint density at radius 1 is 0.919 bits per heavy atom. The summed E-state index contributed by atoms with van der Waals surface area (Å²) in [5.41, 5.74) is 0. The summed E-state index contributed by atoms with van der Waals surface area (Å²) >= 11 is 0. The highest BCUT2D eigenvalue weighted by Crippen LogP contribution is 2.37. The first kappa shape index (κ1) is 27.7. The fraction of sp³-hybridized carbons (Fsp3) is 0.964. The average molecular weight is 521 g/mol. The van der Waals surface area contributed by atoms with Crippen molar-refractivity contribution in [2.75, 3.05) is 67.1 Å². The second-order valence-corrected chi connectivity index (χ2v) is 12.3. The number of ether oxygens (including phenoxy) is 2. The standard InChI is InChI=1S/C28H52N6O3/c1-32-13-15-33(16-14-32)22-7-8-23(25(18-22)37-3)31-26-17-21(9-11-29-26)30-24-6-4-5-20-10-12-34(28(20)24)27(35)19-36-2/h20-26,28-31H,4-19H2,1-3H3. The van der Waals surface area contributed by atoms with E-state index in [9.17, 15) is 4.79 Å². The minimum absolute atomic E-state index is 0.159. The molecule has 8 atom stereocenters. The van der Waals surface area contributed by atoms with Gasteiger partial charge in [0.15, 0.2) is 0 Å². The van der Waals surface area contributed by atoms with Crippen molar-refractivity contribution in [3.63, 3.8) is 0 Å². The Morgan fingerprint density at radius 2 is 1.76 bits per heavy atom. The molecule has 9 heteroatoms. The minimum Gasteiger partial charge on any atom is -0.380 e. The lowest BCUT2D eigenvalue weighted by molar-refractivity contribution is -0.137. The number of hydrogen-bond donors (Lipinski definition) is 3. The molecule has 5 aliphatic rings. The molecule has 0 spiro atoms. The van der Waals surface area contributed by atoms with Gasteiger partial charge in [0.2, 0.25) is 5.91 Å². The average Bonchev–Trinajstić information content (AvgIpc) is 3.35. The molecule has 0 radical (unpaired) electrons. The molecule has 3 aliphatic heterocycles. The van der Waals surface area contributed by atoms with Gasteiger partial charge in [-0.2, -0.15) is 0 Å². The maximum Gasteiger partial charge on any atom is 0.248 e. The van der Waals surface area contributed by atoms with E-state index >= 15 is 0 Å². The van der Waals surface area contributed by atoms with Crippen LogP contribution < -0.4 is 16.0 Å². The number of likely N-dealkylation sites (tertiary alicyclic amines) is 1. The van der Waals surface area contributed by atoms with E-state index in [0.29, 0.717) is 42.3 Å². The Morgan fingerprint density at radius 3 is 2.54 bits per heavy atom. The van der Waals surface area contributed by atoms with Crippen molar-refractivity contribution in [1.29, 1.82) is 0 Å². The molecule has 5 rings (SSSR count). The maximum absolute atomic E-state index is 12.7. The normalized spacial score (nSPS) is 40.0. The molecule has 0 aromatic carbocycles. The van der Waals surface area contributed by atoms with Crippen LogP contribution >= 0.6 is 0 Å². The second-order valence-electron chi connectivity index (χ2n) is 12.3. The van der Waals surface area contributed by atoms with Gasteiger partial charge in [0.25, 0.3) is 0 Å². The molecular formula is C28H52N6O3. The minimum atomic E-state index is 0.159. The number of carbonyl (C=O) groups excluding carboxylic acids is 1. The van der Waals surface area contributed by atoms with Gasteiger partial charge >= 0.3 is 0 Å². The molecule has 9 nitrogen and oxygen atoms in total. The summed E-state index contributed by atoms with van der Waals surface area (Å²) in [5.74, 6) is 0.798. The zero-order valence-corrected chi connectivity index (χ0v) is 23.5. The van der Waals surface area contributed by atoms with E-state index in [0.717, 1.165) is 38.8 Å². The van der Waals surface area contributed by atoms with E-state index < -0.39 is 0 Å². The number of carbonyl (C=O) groups is 1. The zero-order valence-electron chi connectivity index (χ0n) is 23.5. The summed E-state index contributed by atoms with van der Waals surface area (Å²) in [6, 6.07) is 2.27. The van der Waals surface area contributed by atoms with Crippen molar-refractivity contribution in [2.24, 2.45) is 5.92 Å². The van der Waals surface area contributed by atoms with Crippen LogP contribution in [0.1, 0.15) is 57.8 Å². The smallest absolute Gasteiger partial charge is 0.248 e. The molecule has 0 aromatic rings. The first-order valence-corrected chi connectivity index (χ1v) is 15.0. The molecule has 3 saturated heterocycles. The summed E-state index contributed by atoms with van der Waals surface area (Å²) in [4.78, 5) is 20.0. The molecule has 1 amide bonds. The van der Waals surface area contributed by atoms with Crippen molar-refractivity contribution in [1.82, 2.24) is 30.7 Å². The molecule has 37 heavy (non-hydrogen) atoms. The number of hydrogen-bond acceptors (Lipinski definition) is 8. The van der Waals surface area contributed by atoms with Crippen LogP contribution in [0, 0.1) is 5.92 Å². The maximum atomic E-state index is 12.7. The lowest BCUT2D eigenvalue weighted by atomic mass is 9.80. The summed E-state index contributed by atoms with van der Waals surface area (Å²) < 4.78 is 11.2. The highest BCUT2D eigenvalue weighted by molar-refractivity contribution is 5.78. The number of nitrogens with zero attached hydrogens (tertiary/aromatic N) is 3. The van der Waals surface area contributed by atoms with Crippen molar-refractivity contribution < 1.29 is 14.3 Å². The monoisotopic (exact) mass is 520 g/mol. The fourth-order valence-electron chi connectivity index (χ4n) is 8.03. The number of amides is 1. The Hall–Kier alpha value is -0.810. The van der Waals surface area contributed by atoms with Crippen LogP contribution in [-0.2, 0) is 14.3 Å². The molecule has 5 fully saturated rings. The fourth-order valence-corrected chi connectivity index (χ4v) is 8.03. The van der Waals surface area contributed by atoms with Crippen molar-refractivity contribution in [3.05, 3.63) is 0 Å². The van der Waals surface area contributed by atoms with Gasteiger partial charge in [0, 0.05) is 77.2 Å².